The van der Waals surface area contributed by atoms with E-state index in [1.807, 2.05) is 0 Å². The molecule has 128 valence electrons. The molecule has 22 heavy (non-hydrogen) atoms. The Morgan fingerprint density at radius 3 is 2.50 bits per heavy atom. The predicted molar refractivity (Wildman–Crippen MR) is 84.9 cm³/mol. The second-order valence-corrected chi connectivity index (χ2v) is 7.50. The Bertz CT molecular complexity index is 369. The van der Waals surface area contributed by atoms with E-state index in [2.05, 4.69) is 5.32 Å². The minimum atomic E-state index is -1.24. The summed E-state index contributed by atoms with van der Waals surface area (Å²) in [4.78, 5) is 11.6. The Kier molecular flexibility index (Phi) is 7.24. The van der Waals surface area contributed by atoms with E-state index in [0.29, 0.717) is 5.25 Å². The van der Waals surface area contributed by atoms with Crippen molar-refractivity contribution < 1.29 is 24.9 Å². The van der Waals surface area contributed by atoms with Gasteiger partial charge < -0.3 is 25.4 Å². The van der Waals surface area contributed by atoms with E-state index >= 15 is 0 Å². The molecule has 0 aromatic rings. The Labute approximate surface area is 139 Å². The van der Waals surface area contributed by atoms with Crippen molar-refractivity contribution >= 4 is 29.3 Å². The third-order valence-electron chi connectivity index (χ3n) is 4.21. The van der Waals surface area contributed by atoms with E-state index in [1.54, 1.807) is 11.8 Å². The molecule has 0 aromatic carbocycles. The first kappa shape index (κ1) is 18.3. The summed E-state index contributed by atoms with van der Waals surface area (Å²) in [6.07, 6.45) is 2.42. The van der Waals surface area contributed by atoms with Crippen molar-refractivity contribution in [2.45, 2.75) is 67.1 Å². The van der Waals surface area contributed by atoms with E-state index in [1.165, 1.54) is 6.42 Å². The Morgan fingerprint density at radius 2 is 1.91 bits per heavy atom. The summed E-state index contributed by atoms with van der Waals surface area (Å²) >= 11 is 7.07. The molecule has 1 aliphatic carbocycles. The number of amides is 1. The molecule has 8 heteroatoms. The van der Waals surface area contributed by atoms with Gasteiger partial charge >= 0.3 is 0 Å². The van der Waals surface area contributed by atoms with Gasteiger partial charge in [-0.2, -0.15) is 0 Å². The van der Waals surface area contributed by atoms with Crippen molar-refractivity contribution in [3.05, 3.63) is 0 Å². The molecule has 1 aliphatic heterocycles. The lowest BCUT2D eigenvalue weighted by atomic mass is 9.98. The molecule has 4 N–H and O–H groups in total. The number of thioether (sulfide) groups is 1. The highest BCUT2D eigenvalue weighted by molar-refractivity contribution is 8.00. The molecule has 5 atom stereocenters. The Hall–Kier alpha value is -0.0500. The van der Waals surface area contributed by atoms with Gasteiger partial charge in [-0.3, -0.25) is 4.79 Å². The second kappa shape index (κ2) is 8.70. The first-order valence-corrected chi connectivity index (χ1v) is 9.17. The summed E-state index contributed by atoms with van der Waals surface area (Å²) in [6.45, 7) is -0.379. The number of hydrogen-bond donors (Lipinski definition) is 4. The molecule has 0 bridgehead atoms. The molecule has 1 heterocycles. The van der Waals surface area contributed by atoms with Gasteiger partial charge in [-0.25, -0.2) is 0 Å². The van der Waals surface area contributed by atoms with Crippen molar-refractivity contribution in [2.24, 2.45) is 0 Å². The highest BCUT2D eigenvalue weighted by Crippen LogP contribution is 2.36. The second-order valence-electron chi connectivity index (χ2n) is 5.83. The molecular weight excluding hydrogens is 330 g/mol. The number of ether oxygens (including phenoxy) is 1. The van der Waals surface area contributed by atoms with Crippen LogP contribution in [-0.2, 0) is 9.53 Å². The average molecular weight is 354 g/mol. The van der Waals surface area contributed by atoms with Gasteiger partial charge in [-0.05, 0) is 12.8 Å². The maximum Gasteiger partial charge on any atom is 0.235 e. The van der Waals surface area contributed by atoms with Crippen LogP contribution in [0.3, 0.4) is 0 Å². The largest absolute Gasteiger partial charge is 0.394 e. The maximum atomic E-state index is 11.6. The summed E-state index contributed by atoms with van der Waals surface area (Å²) in [7, 11) is 0. The van der Waals surface area contributed by atoms with Crippen LogP contribution in [0.4, 0.5) is 0 Å². The molecule has 0 aromatic heterocycles. The van der Waals surface area contributed by atoms with E-state index in [-0.39, 0.29) is 12.5 Å². The molecule has 1 amide bonds. The van der Waals surface area contributed by atoms with Gasteiger partial charge in [0.1, 0.15) is 29.6 Å². The molecule has 0 radical (unpaired) electrons. The monoisotopic (exact) mass is 353 g/mol. The lowest BCUT2D eigenvalue weighted by molar-refractivity contribution is -0.173. The van der Waals surface area contributed by atoms with Crippen molar-refractivity contribution in [3.8, 4) is 0 Å². The number of halogens is 1. The lowest BCUT2D eigenvalue weighted by Gasteiger charge is -2.43. The van der Waals surface area contributed by atoms with E-state index in [4.69, 9.17) is 16.3 Å². The summed E-state index contributed by atoms with van der Waals surface area (Å²) < 4.78 is 5.72. The van der Waals surface area contributed by atoms with Crippen LogP contribution in [0.5, 0.6) is 0 Å². The number of nitrogens with one attached hydrogen (secondary N) is 1. The van der Waals surface area contributed by atoms with Crippen LogP contribution >= 0.6 is 23.4 Å². The van der Waals surface area contributed by atoms with Gasteiger partial charge in [0.15, 0.2) is 0 Å². The number of alkyl halides is 1. The van der Waals surface area contributed by atoms with Crippen LogP contribution in [-0.4, -0.2) is 68.8 Å². The fourth-order valence-electron chi connectivity index (χ4n) is 2.97. The maximum absolute atomic E-state index is 11.6. The van der Waals surface area contributed by atoms with Gasteiger partial charge in [-0.15, -0.1) is 23.4 Å². The van der Waals surface area contributed by atoms with Gasteiger partial charge in [0.25, 0.3) is 0 Å². The van der Waals surface area contributed by atoms with Crippen LogP contribution in [0.2, 0.25) is 0 Å². The van der Waals surface area contributed by atoms with Crippen LogP contribution in [0, 0.1) is 0 Å². The zero-order valence-corrected chi connectivity index (χ0v) is 13.9. The normalized spacial score (nSPS) is 37.0. The van der Waals surface area contributed by atoms with Crippen LogP contribution in [0.1, 0.15) is 32.1 Å². The number of hydrogen-bond acceptors (Lipinski definition) is 6. The molecule has 0 spiro atoms. The van der Waals surface area contributed by atoms with E-state index < -0.39 is 35.7 Å². The van der Waals surface area contributed by atoms with Crippen molar-refractivity contribution in [1.82, 2.24) is 5.32 Å². The fourth-order valence-corrected chi connectivity index (χ4v) is 4.63. The fraction of sp³-hybridized carbons (Fsp3) is 0.929. The van der Waals surface area contributed by atoms with Crippen molar-refractivity contribution in [3.63, 3.8) is 0 Å². The topological polar surface area (TPSA) is 99.0 Å². The quantitative estimate of drug-likeness (QED) is 0.528. The highest BCUT2D eigenvalue weighted by Gasteiger charge is 2.45. The Morgan fingerprint density at radius 1 is 1.23 bits per heavy atom. The molecule has 0 unspecified atom stereocenters. The average Bonchev–Trinajstić information content (AvgIpc) is 2.55. The van der Waals surface area contributed by atoms with Gasteiger partial charge in [0.2, 0.25) is 5.91 Å². The summed E-state index contributed by atoms with van der Waals surface area (Å²) in [5, 5.41) is 32.6. The molecule has 6 nitrogen and oxygen atoms in total. The number of carbonyl (C=O) groups is 1. The van der Waals surface area contributed by atoms with Crippen LogP contribution < -0.4 is 5.32 Å². The third kappa shape index (κ3) is 4.49. The standard InChI is InChI=1S/C14H24ClNO5S/c15-6-10(18)16-11-13(20)12(19)9(7-17)21-14(11)22-8-4-2-1-3-5-8/h8-9,11-14,17,19-20H,1-7H2,(H,16,18)/t9-,11-,12-,13-,14-/m1/s1. The predicted octanol–water partition coefficient (Wildman–Crippen LogP) is 0.215. The number of aliphatic hydroxyl groups is 3. The minimum absolute atomic E-state index is 0.219. The van der Waals surface area contributed by atoms with Gasteiger partial charge in [0, 0.05) is 5.25 Å². The van der Waals surface area contributed by atoms with E-state index in [0.717, 1.165) is 25.7 Å². The summed E-state index contributed by atoms with van der Waals surface area (Å²) in [5.74, 6) is -0.637. The number of carbonyl (C=O) groups excluding carboxylic acids is 1. The number of aliphatic hydroxyl groups excluding tert-OH is 3. The van der Waals surface area contributed by atoms with Gasteiger partial charge in [-0.1, -0.05) is 19.3 Å². The zero-order chi connectivity index (χ0) is 16.1. The van der Waals surface area contributed by atoms with Crippen LogP contribution in [0.15, 0.2) is 0 Å². The van der Waals surface area contributed by atoms with Crippen molar-refractivity contribution in [2.75, 3.05) is 12.5 Å². The minimum Gasteiger partial charge on any atom is -0.394 e. The molecule has 1 saturated carbocycles. The molecule has 2 aliphatic rings. The SMILES string of the molecule is O=C(CCl)N[C@@H]1[C@@H](O)[C@H](O)[C@@H](CO)O[C@@H]1SC1CCCCC1. The first-order chi connectivity index (χ1) is 10.6. The third-order valence-corrected chi connectivity index (χ3v) is 5.98. The molecule has 2 rings (SSSR count). The summed E-state index contributed by atoms with van der Waals surface area (Å²) in [5.41, 5.74) is -0.509. The first-order valence-electron chi connectivity index (χ1n) is 7.70. The lowest BCUT2D eigenvalue weighted by Crippen LogP contribution is -2.63. The van der Waals surface area contributed by atoms with Gasteiger partial charge in [0.05, 0.1) is 12.6 Å². The van der Waals surface area contributed by atoms with Crippen molar-refractivity contribution in [1.29, 1.82) is 0 Å². The highest BCUT2D eigenvalue weighted by atomic mass is 35.5. The molecule has 2 fully saturated rings. The number of rotatable bonds is 5. The smallest absolute Gasteiger partial charge is 0.235 e. The summed E-state index contributed by atoms with van der Waals surface area (Å²) in [6, 6.07) is -0.740. The molecular formula is C14H24ClNO5S. The Balaban J connectivity index is 2.06. The molecule has 1 saturated heterocycles. The van der Waals surface area contributed by atoms with Crippen LogP contribution in [0.25, 0.3) is 0 Å². The van der Waals surface area contributed by atoms with E-state index in [9.17, 15) is 20.1 Å². The zero-order valence-electron chi connectivity index (χ0n) is 12.4.